The zero-order valence-corrected chi connectivity index (χ0v) is 20.5. The maximum atomic E-state index is 13.4. The highest BCUT2D eigenvalue weighted by atomic mass is 35.5. The number of nitrogens with zero attached hydrogens (tertiary/aromatic N) is 1. The van der Waals surface area contributed by atoms with Crippen molar-refractivity contribution in [2.24, 2.45) is 0 Å². The highest BCUT2D eigenvalue weighted by Crippen LogP contribution is 2.32. The second-order valence-electron chi connectivity index (χ2n) is 7.21. The van der Waals surface area contributed by atoms with Crippen molar-refractivity contribution in [2.45, 2.75) is 24.8 Å². The van der Waals surface area contributed by atoms with E-state index in [9.17, 15) is 13.2 Å². The summed E-state index contributed by atoms with van der Waals surface area (Å²) in [5.41, 5.74) is 1.02. The van der Waals surface area contributed by atoms with Gasteiger partial charge in [0.1, 0.15) is 12.3 Å². The molecule has 0 heterocycles. The van der Waals surface area contributed by atoms with Crippen LogP contribution in [0.3, 0.4) is 0 Å². The third-order valence-electron chi connectivity index (χ3n) is 4.87. The van der Waals surface area contributed by atoms with Crippen LogP contribution in [-0.4, -0.2) is 27.5 Å². The highest BCUT2D eigenvalue weighted by molar-refractivity contribution is 7.92. The quantitative estimate of drug-likeness (QED) is 0.417. The molecule has 1 N–H and O–H groups in total. The molecule has 0 spiro atoms. The molecule has 6 nitrogen and oxygen atoms in total. The number of sulfonamides is 1. The molecule has 3 aromatic rings. The van der Waals surface area contributed by atoms with E-state index in [2.05, 4.69) is 5.32 Å². The van der Waals surface area contributed by atoms with E-state index in [1.54, 1.807) is 18.2 Å². The number of hydrogen-bond acceptors (Lipinski definition) is 4. The Morgan fingerprint density at radius 3 is 2.30 bits per heavy atom. The molecule has 0 radical (unpaired) electrons. The van der Waals surface area contributed by atoms with Crippen molar-refractivity contribution in [2.75, 3.05) is 17.5 Å². The lowest BCUT2D eigenvalue weighted by molar-refractivity contribution is -0.120. The number of hydrogen-bond donors (Lipinski definition) is 1. The van der Waals surface area contributed by atoms with Crippen LogP contribution in [0.2, 0.25) is 10.0 Å². The molecule has 1 amide bonds. The van der Waals surface area contributed by atoms with Crippen LogP contribution in [0.5, 0.6) is 5.75 Å². The first-order valence-corrected chi connectivity index (χ1v) is 12.5. The molecule has 3 rings (SSSR count). The van der Waals surface area contributed by atoms with Crippen molar-refractivity contribution in [3.05, 3.63) is 88.4 Å². The van der Waals surface area contributed by atoms with Gasteiger partial charge in [0.15, 0.2) is 0 Å². The standard InChI is InChI=1S/C24H24Cl2N2O4S/c1-3-32-20-12-9-18(10-13-20)17(2)27-24(29)16-28(23-14-11-19(25)15-22(23)26)33(30,31)21-7-5-4-6-8-21/h4-15,17H,3,16H2,1-2H3,(H,27,29). The number of benzene rings is 3. The second-order valence-corrected chi connectivity index (χ2v) is 9.92. The molecule has 9 heteroatoms. The smallest absolute Gasteiger partial charge is 0.264 e. The molecule has 0 aromatic heterocycles. The lowest BCUT2D eigenvalue weighted by Crippen LogP contribution is -2.41. The predicted octanol–water partition coefficient (Wildman–Crippen LogP) is 5.46. The minimum absolute atomic E-state index is 0.0448. The number of halogens is 2. The van der Waals surface area contributed by atoms with Crippen LogP contribution in [0.15, 0.2) is 77.7 Å². The number of nitrogens with one attached hydrogen (secondary N) is 1. The largest absolute Gasteiger partial charge is 0.494 e. The van der Waals surface area contributed by atoms with Crippen molar-refractivity contribution in [3.63, 3.8) is 0 Å². The first kappa shape index (κ1) is 24.9. The lowest BCUT2D eigenvalue weighted by atomic mass is 10.1. The molecule has 1 atom stereocenters. The van der Waals surface area contributed by atoms with Gasteiger partial charge in [-0.25, -0.2) is 8.42 Å². The second kappa shape index (κ2) is 10.9. The number of carbonyl (C=O) groups is 1. The Morgan fingerprint density at radius 1 is 1.03 bits per heavy atom. The average Bonchev–Trinajstić information content (AvgIpc) is 2.79. The fourth-order valence-corrected chi connectivity index (χ4v) is 5.24. The Kier molecular flexibility index (Phi) is 8.24. The van der Waals surface area contributed by atoms with Gasteiger partial charge in [0.2, 0.25) is 5.91 Å². The van der Waals surface area contributed by atoms with Crippen molar-refractivity contribution in [1.29, 1.82) is 0 Å². The van der Waals surface area contributed by atoms with E-state index >= 15 is 0 Å². The molecular formula is C24H24Cl2N2O4S. The van der Waals surface area contributed by atoms with Gasteiger partial charge in [0.25, 0.3) is 10.0 Å². The number of rotatable bonds is 9. The van der Waals surface area contributed by atoms with Crippen LogP contribution in [0.25, 0.3) is 0 Å². The Balaban J connectivity index is 1.86. The number of carbonyl (C=O) groups excluding carboxylic acids is 1. The fraction of sp³-hybridized carbons (Fsp3) is 0.208. The number of amides is 1. The van der Waals surface area contributed by atoms with Crippen LogP contribution in [-0.2, 0) is 14.8 Å². The van der Waals surface area contributed by atoms with Crippen molar-refractivity contribution in [3.8, 4) is 5.75 Å². The molecule has 0 aliphatic heterocycles. The highest BCUT2D eigenvalue weighted by Gasteiger charge is 2.29. The molecule has 0 saturated heterocycles. The summed E-state index contributed by atoms with van der Waals surface area (Å²) in [5, 5.41) is 3.32. The monoisotopic (exact) mass is 506 g/mol. The summed E-state index contributed by atoms with van der Waals surface area (Å²) in [6, 6.07) is 19.3. The Hall–Kier alpha value is -2.74. The Bertz CT molecular complexity index is 1200. The number of ether oxygens (including phenoxy) is 1. The van der Waals surface area contributed by atoms with Gasteiger partial charge in [-0.15, -0.1) is 0 Å². The average molecular weight is 507 g/mol. The minimum Gasteiger partial charge on any atom is -0.494 e. The van der Waals surface area contributed by atoms with Gasteiger partial charge >= 0.3 is 0 Å². The van der Waals surface area contributed by atoms with Gasteiger partial charge in [-0.3, -0.25) is 9.10 Å². The molecule has 0 saturated carbocycles. The van der Waals surface area contributed by atoms with E-state index in [0.717, 1.165) is 15.6 Å². The van der Waals surface area contributed by atoms with E-state index in [-0.39, 0.29) is 21.6 Å². The first-order chi connectivity index (χ1) is 15.7. The van der Waals surface area contributed by atoms with Crippen molar-refractivity contribution >= 4 is 44.8 Å². The SMILES string of the molecule is CCOc1ccc(C(C)NC(=O)CN(c2ccc(Cl)cc2Cl)S(=O)(=O)c2ccccc2)cc1. The fourth-order valence-electron chi connectivity index (χ4n) is 3.22. The maximum Gasteiger partial charge on any atom is 0.264 e. The van der Waals surface area contributed by atoms with Crippen LogP contribution in [0.1, 0.15) is 25.5 Å². The minimum atomic E-state index is -4.07. The van der Waals surface area contributed by atoms with E-state index in [1.807, 2.05) is 38.1 Å². The Morgan fingerprint density at radius 2 is 1.70 bits per heavy atom. The van der Waals surface area contributed by atoms with Crippen LogP contribution < -0.4 is 14.4 Å². The molecule has 0 aliphatic carbocycles. The molecular weight excluding hydrogens is 483 g/mol. The summed E-state index contributed by atoms with van der Waals surface area (Å²) < 4.78 is 33.2. The van der Waals surface area contributed by atoms with Gasteiger partial charge < -0.3 is 10.1 Å². The third kappa shape index (κ3) is 6.19. The van der Waals surface area contributed by atoms with E-state index in [4.69, 9.17) is 27.9 Å². The summed E-state index contributed by atoms with van der Waals surface area (Å²) in [5.74, 6) is 0.249. The normalized spacial score (nSPS) is 12.1. The summed E-state index contributed by atoms with van der Waals surface area (Å²) in [7, 11) is -4.07. The zero-order chi connectivity index (χ0) is 24.0. The topological polar surface area (TPSA) is 75.7 Å². The van der Waals surface area contributed by atoms with Gasteiger partial charge in [-0.2, -0.15) is 0 Å². The van der Waals surface area contributed by atoms with Gasteiger partial charge in [0.05, 0.1) is 28.3 Å². The third-order valence-corrected chi connectivity index (χ3v) is 7.18. The molecule has 0 bridgehead atoms. The number of anilines is 1. The van der Waals surface area contributed by atoms with E-state index in [1.165, 1.54) is 30.3 Å². The van der Waals surface area contributed by atoms with Crippen LogP contribution in [0.4, 0.5) is 5.69 Å². The van der Waals surface area contributed by atoms with Gasteiger partial charge in [-0.1, -0.05) is 53.5 Å². The van der Waals surface area contributed by atoms with Crippen molar-refractivity contribution in [1.82, 2.24) is 5.32 Å². The van der Waals surface area contributed by atoms with Crippen LogP contribution in [0, 0.1) is 0 Å². The van der Waals surface area contributed by atoms with E-state index in [0.29, 0.717) is 11.6 Å². The Labute approximate surface area is 204 Å². The molecule has 1 unspecified atom stereocenters. The molecule has 174 valence electrons. The molecule has 3 aromatic carbocycles. The van der Waals surface area contributed by atoms with Gasteiger partial charge in [-0.05, 0) is 61.9 Å². The summed E-state index contributed by atoms with van der Waals surface area (Å²) >= 11 is 12.3. The van der Waals surface area contributed by atoms with Crippen molar-refractivity contribution < 1.29 is 17.9 Å². The lowest BCUT2D eigenvalue weighted by Gasteiger charge is -2.26. The van der Waals surface area contributed by atoms with E-state index < -0.39 is 22.5 Å². The molecule has 0 fully saturated rings. The van der Waals surface area contributed by atoms with Gasteiger partial charge in [0, 0.05) is 5.02 Å². The summed E-state index contributed by atoms with van der Waals surface area (Å²) in [4.78, 5) is 13.0. The summed E-state index contributed by atoms with van der Waals surface area (Å²) in [6.45, 7) is 3.82. The predicted molar refractivity (Wildman–Crippen MR) is 132 cm³/mol. The van der Waals surface area contributed by atoms with Crippen LogP contribution >= 0.6 is 23.2 Å². The summed E-state index contributed by atoms with van der Waals surface area (Å²) in [6.07, 6.45) is 0. The first-order valence-electron chi connectivity index (χ1n) is 10.3. The maximum absolute atomic E-state index is 13.4. The molecule has 33 heavy (non-hydrogen) atoms. The zero-order valence-electron chi connectivity index (χ0n) is 18.2. The molecule has 0 aliphatic rings.